The molecule has 0 radical (unpaired) electrons. The number of nitrogens with zero attached hydrogens (tertiary/aromatic N) is 1. The maximum atomic E-state index is 10.9. The highest BCUT2D eigenvalue weighted by Crippen LogP contribution is 2.02. The Kier molecular flexibility index (Phi) is 10.5. The highest BCUT2D eigenvalue weighted by molar-refractivity contribution is 5.81. The first-order valence-electron chi connectivity index (χ1n) is 6.67. The third kappa shape index (κ3) is 11.0. The minimum atomic E-state index is -0.481. The third-order valence-electron chi connectivity index (χ3n) is 2.29. The average molecular weight is 302 g/mol. The van der Waals surface area contributed by atoms with E-state index < -0.39 is 12.1 Å². The van der Waals surface area contributed by atoms with Crippen molar-refractivity contribution >= 4 is 5.97 Å². The first kappa shape index (κ1) is 19.6. The normalized spacial score (nSPS) is 14.9. The fraction of sp³-hybridized carbons (Fsp3) is 0.643. The van der Waals surface area contributed by atoms with Gasteiger partial charge in [0.25, 0.3) is 0 Å². The van der Waals surface area contributed by atoms with Crippen molar-refractivity contribution in [3.63, 3.8) is 0 Å². The van der Waals surface area contributed by atoms with Crippen LogP contribution in [0.3, 0.4) is 0 Å². The van der Waals surface area contributed by atoms with Crippen LogP contribution >= 0.6 is 0 Å². The molecule has 0 amide bonds. The molecule has 0 saturated carbocycles. The van der Waals surface area contributed by atoms with Gasteiger partial charge in [-0.2, -0.15) is 0 Å². The third-order valence-corrected chi connectivity index (χ3v) is 2.29. The summed E-state index contributed by atoms with van der Waals surface area (Å²) in [6.07, 6.45) is 1.30. The zero-order chi connectivity index (χ0) is 16.3. The van der Waals surface area contributed by atoms with Gasteiger partial charge in [-0.1, -0.05) is 13.2 Å². The Labute approximate surface area is 125 Å². The average Bonchev–Trinajstić information content (AvgIpc) is 2.47. The molecule has 0 aliphatic rings. The first-order chi connectivity index (χ1) is 9.88. The Balaban J connectivity index is 3.74. The molecule has 0 aromatic rings. The van der Waals surface area contributed by atoms with Crippen LogP contribution in [-0.2, 0) is 23.8 Å². The van der Waals surface area contributed by atoms with Crippen LogP contribution in [0.15, 0.2) is 25.4 Å². The lowest BCUT2D eigenvalue weighted by atomic mass is 10.4. The number of hydrogen-bond donors (Lipinski definition) is 0. The van der Waals surface area contributed by atoms with Gasteiger partial charge < -0.3 is 24.6 Å². The van der Waals surface area contributed by atoms with Gasteiger partial charge in [0, 0.05) is 12.3 Å². The monoisotopic (exact) mass is 302 g/mol. The van der Waals surface area contributed by atoms with E-state index in [0.29, 0.717) is 6.61 Å². The molecule has 0 spiro atoms. The summed E-state index contributed by atoms with van der Waals surface area (Å²) in [4.78, 5) is 15.8. The Morgan fingerprint density at radius 3 is 2.14 bits per heavy atom. The van der Waals surface area contributed by atoms with Crippen LogP contribution < -0.4 is 0 Å². The zero-order valence-corrected chi connectivity index (χ0v) is 12.8. The Morgan fingerprint density at radius 2 is 1.62 bits per heavy atom. The van der Waals surface area contributed by atoms with Crippen molar-refractivity contribution < 1.29 is 23.8 Å². The molecule has 21 heavy (non-hydrogen) atoms. The van der Waals surface area contributed by atoms with E-state index in [9.17, 15) is 10.0 Å². The van der Waals surface area contributed by atoms with E-state index in [4.69, 9.17) is 19.0 Å². The van der Waals surface area contributed by atoms with Gasteiger partial charge in [-0.25, -0.2) is 4.79 Å². The molecule has 0 N–H and O–H groups in total. The van der Waals surface area contributed by atoms with Crippen LogP contribution in [0.25, 0.3) is 0 Å². The van der Waals surface area contributed by atoms with Crippen LogP contribution in [0.1, 0.15) is 20.8 Å². The molecule has 0 rings (SSSR count). The molecular weight excluding hydrogens is 278 g/mol. The second kappa shape index (κ2) is 11.3. The Bertz CT molecular complexity index is 323. The van der Waals surface area contributed by atoms with Crippen molar-refractivity contribution in [3.8, 4) is 0 Å². The van der Waals surface area contributed by atoms with E-state index in [2.05, 4.69) is 13.2 Å². The molecule has 0 aromatic carbocycles. The molecule has 3 atom stereocenters. The summed E-state index contributed by atoms with van der Waals surface area (Å²) in [5.74, 6) is -0.481. The van der Waals surface area contributed by atoms with Crippen molar-refractivity contribution in [1.82, 2.24) is 5.23 Å². The summed E-state index contributed by atoms with van der Waals surface area (Å²) in [6, 6.07) is 0. The SMILES string of the molecule is C=CC(=O)OCC(C)OCC(C)OCC(C)ON([O-])C=C. The second-order valence-corrected chi connectivity index (χ2v) is 4.51. The summed E-state index contributed by atoms with van der Waals surface area (Å²) < 4.78 is 15.8. The zero-order valence-electron chi connectivity index (χ0n) is 12.8. The topological polar surface area (TPSA) is 80.3 Å². The van der Waals surface area contributed by atoms with E-state index >= 15 is 0 Å². The number of rotatable bonds is 12. The van der Waals surface area contributed by atoms with Crippen LogP contribution in [0.5, 0.6) is 0 Å². The van der Waals surface area contributed by atoms with Gasteiger partial charge in [0.1, 0.15) is 12.7 Å². The number of carbonyl (C=O) groups is 1. The van der Waals surface area contributed by atoms with E-state index in [1.54, 1.807) is 13.8 Å². The van der Waals surface area contributed by atoms with E-state index in [0.717, 1.165) is 12.3 Å². The van der Waals surface area contributed by atoms with Gasteiger partial charge in [0.05, 0.1) is 25.4 Å². The number of hydrogen-bond acceptors (Lipinski definition) is 7. The summed E-state index contributed by atoms with van der Waals surface area (Å²) in [7, 11) is 0. The highest BCUT2D eigenvalue weighted by Gasteiger charge is 2.11. The number of ether oxygens (including phenoxy) is 3. The van der Waals surface area contributed by atoms with Gasteiger partial charge in [0.15, 0.2) is 0 Å². The van der Waals surface area contributed by atoms with E-state index in [1.807, 2.05) is 6.92 Å². The predicted molar refractivity (Wildman–Crippen MR) is 77.9 cm³/mol. The fourth-order valence-electron chi connectivity index (χ4n) is 1.21. The molecule has 7 nitrogen and oxygen atoms in total. The molecule has 0 aliphatic carbocycles. The fourth-order valence-corrected chi connectivity index (χ4v) is 1.21. The van der Waals surface area contributed by atoms with E-state index in [1.165, 1.54) is 0 Å². The van der Waals surface area contributed by atoms with Crippen molar-refractivity contribution in [3.05, 3.63) is 30.6 Å². The standard InChI is InChI=1S/C14H24NO6/c1-6-14(16)20-9-12(4)18-8-11(3)19-10-13(5)21-15(17)7-2/h6-7,11-13H,1-2,8-10H2,3-5H3/q-1. The quantitative estimate of drug-likeness (QED) is 0.309. The molecule has 7 heteroatoms. The lowest BCUT2D eigenvalue weighted by molar-refractivity contribution is -0.158. The molecule has 122 valence electrons. The predicted octanol–water partition coefficient (Wildman–Crippen LogP) is 1.79. The Hall–Kier alpha value is -1.41. The molecule has 0 saturated heterocycles. The number of carbonyl (C=O) groups excluding carboxylic acids is 1. The maximum absolute atomic E-state index is 10.9. The van der Waals surface area contributed by atoms with Gasteiger partial charge in [0.2, 0.25) is 0 Å². The minimum absolute atomic E-state index is 0.154. The highest BCUT2D eigenvalue weighted by atomic mass is 16.9. The largest absolute Gasteiger partial charge is 0.734 e. The number of esters is 1. The first-order valence-corrected chi connectivity index (χ1v) is 6.67. The summed E-state index contributed by atoms with van der Waals surface area (Å²) in [5, 5.41) is 11.2. The molecule has 0 aliphatic heterocycles. The maximum Gasteiger partial charge on any atom is 0.330 e. The summed E-state index contributed by atoms with van der Waals surface area (Å²) >= 11 is 0. The number of hydroxylamine groups is 2. The summed E-state index contributed by atoms with van der Waals surface area (Å²) in [5.41, 5.74) is 0. The smallest absolute Gasteiger partial charge is 0.330 e. The van der Waals surface area contributed by atoms with Crippen LogP contribution in [-0.4, -0.2) is 49.3 Å². The van der Waals surface area contributed by atoms with Crippen molar-refractivity contribution in [2.75, 3.05) is 19.8 Å². The minimum Gasteiger partial charge on any atom is -0.734 e. The molecule has 3 unspecified atom stereocenters. The van der Waals surface area contributed by atoms with Gasteiger partial charge in [-0.3, -0.25) is 4.84 Å². The van der Waals surface area contributed by atoms with Gasteiger partial charge >= 0.3 is 5.97 Å². The van der Waals surface area contributed by atoms with Gasteiger partial charge in [-0.05, 0) is 20.8 Å². The Morgan fingerprint density at radius 1 is 1.10 bits per heavy atom. The molecule has 0 heterocycles. The van der Waals surface area contributed by atoms with Gasteiger partial charge in [-0.15, -0.1) is 0 Å². The lowest BCUT2D eigenvalue weighted by Gasteiger charge is -2.28. The van der Waals surface area contributed by atoms with Crippen molar-refractivity contribution in [2.24, 2.45) is 0 Å². The molecular formula is C14H24NO6-. The second-order valence-electron chi connectivity index (χ2n) is 4.51. The van der Waals surface area contributed by atoms with Crippen LogP contribution in [0, 0.1) is 5.21 Å². The molecule has 0 aromatic heterocycles. The van der Waals surface area contributed by atoms with Crippen molar-refractivity contribution in [1.29, 1.82) is 0 Å². The van der Waals surface area contributed by atoms with Crippen LogP contribution in [0.4, 0.5) is 0 Å². The lowest BCUT2D eigenvalue weighted by Crippen LogP contribution is -2.28. The summed E-state index contributed by atoms with van der Waals surface area (Å²) in [6.45, 7) is 12.6. The van der Waals surface area contributed by atoms with Crippen LogP contribution in [0.2, 0.25) is 0 Å². The van der Waals surface area contributed by atoms with Crippen molar-refractivity contribution in [2.45, 2.75) is 39.1 Å². The molecule has 0 bridgehead atoms. The van der Waals surface area contributed by atoms with E-state index in [-0.39, 0.29) is 30.6 Å². The molecule has 0 fully saturated rings.